The normalized spacial score (nSPS) is 11.3. The van der Waals surface area contributed by atoms with E-state index in [0.717, 1.165) is 5.56 Å². The van der Waals surface area contributed by atoms with Crippen molar-refractivity contribution in [1.29, 1.82) is 0 Å². The fourth-order valence-corrected chi connectivity index (χ4v) is 1.18. The predicted octanol–water partition coefficient (Wildman–Crippen LogP) is 2.02. The molecule has 7 heteroatoms. The second-order valence-corrected chi connectivity index (χ2v) is 3.64. The molecule has 1 aromatic rings. The Kier molecular flexibility index (Phi) is 5.11. The van der Waals surface area contributed by atoms with Crippen LogP contribution in [0.1, 0.15) is 5.56 Å². The minimum atomic E-state index is -4.42. The van der Waals surface area contributed by atoms with Crippen molar-refractivity contribution in [2.75, 3.05) is 18.5 Å². The van der Waals surface area contributed by atoms with Crippen molar-refractivity contribution < 1.29 is 22.8 Å². The largest absolute Gasteiger partial charge is 0.413 e. The fourth-order valence-electron chi connectivity index (χ4n) is 1.18. The van der Waals surface area contributed by atoms with Crippen LogP contribution in [-0.4, -0.2) is 25.2 Å². The van der Waals surface area contributed by atoms with E-state index in [4.69, 9.17) is 0 Å². The molecule has 0 aromatic heterocycles. The van der Waals surface area contributed by atoms with Gasteiger partial charge >= 0.3 is 6.18 Å². The number of hydroxylamine groups is 1. The monoisotopic (exact) mass is 262 g/mol. The molecule has 0 radical (unpaired) electrons. The number of amides is 1. The van der Waals surface area contributed by atoms with E-state index >= 15 is 0 Å². The summed E-state index contributed by atoms with van der Waals surface area (Å²) >= 11 is 0. The first kappa shape index (κ1) is 14.5. The number of rotatable bonds is 5. The van der Waals surface area contributed by atoms with Crippen LogP contribution in [0.5, 0.6) is 0 Å². The Morgan fingerprint density at radius 2 is 2.11 bits per heavy atom. The Bertz CT molecular complexity index is 408. The lowest BCUT2D eigenvalue weighted by atomic mass is 10.2. The van der Waals surface area contributed by atoms with Crippen LogP contribution in [0.15, 0.2) is 24.3 Å². The van der Waals surface area contributed by atoms with E-state index in [9.17, 15) is 18.0 Å². The first-order valence-corrected chi connectivity index (χ1v) is 5.15. The molecule has 100 valence electrons. The summed E-state index contributed by atoms with van der Waals surface area (Å²) in [5.41, 5.74) is 3.49. The number of hydrogen-bond acceptors (Lipinski definition) is 3. The number of anilines is 1. The summed E-state index contributed by atoms with van der Waals surface area (Å²) in [4.78, 5) is 15.4. The van der Waals surface area contributed by atoms with E-state index in [2.05, 4.69) is 10.2 Å². The van der Waals surface area contributed by atoms with Gasteiger partial charge in [-0.2, -0.15) is 18.7 Å². The lowest BCUT2D eigenvalue weighted by Gasteiger charge is -2.09. The molecular formula is C11H13F3N2O2. The molecule has 0 saturated carbocycles. The van der Waals surface area contributed by atoms with Crippen LogP contribution >= 0.6 is 0 Å². The van der Waals surface area contributed by atoms with Gasteiger partial charge in [-0.25, -0.2) is 0 Å². The standard InChI is InChI=1S/C11H13F3N2O2/c1-8-3-2-4-9(5-8)16-10(17)6-15-18-7-11(12,13)14/h2-5,15H,6-7H2,1H3,(H,16,17). The van der Waals surface area contributed by atoms with Gasteiger partial charge in [-0.05, 0) is 24.6 Å². The second-order valence-electron chi connectivity index (χ2n) is 3.64. The number of carbonyl (C=O) groups excluding carboxylic acids is 1. The number of aryl methyl sites for hydroxylation is 1. The summed E-state index contributed by atoms with van der Waals surface area (Å²) in [7, 11) is 0. The van der Waals surface area contributed by atoms with Crippen LogP contribution in [-0.2, 0) is 9.63 Å². The summed E-state index contributed by atoms with van der Waals surface area (Å²) in [6.07, 6.45) is -4.42. The van der Waals surface area contributed by atoms with E-state index in [1.54, 1.807) is 18.2 Å². The van der Waals surface area contributed by atoms with Crippen LogP contribution in [0.2, 0.25) is 0 Å². The maximum absolute atomic E-state index is 11.7. The molecular weight excluding hydrogens is 249 g/mol. The average Bonchev–Trinajstić information content (AvgIpc) is 2.23. The molecule has 4 nitrogen and oxygen atoms in total. The van der Waals surface area contributed by atoms with Gasteiger partial charge in [0.25, 0.3) is 0 Å². The summed E-state index contributed by atoms with van der Waals surface area (Å²) in [6, 6.07) is 7.05. The van der Waals surface area contributed by atoms with Crippen LogP contribution in [0, 0.1) is 6.92 Å². The van der Waals surface area contributed by atoms with E-state index < -0.39 is 18.7 Å². The summed E-state index contributed by atoms with van der Waals surface area (Å²) in [5, 5.41) is 2.52. The molecule has 1 aromatic carbocycles. The molecule has 18 heavy (non-hydrogen) atoms. The molecule has 0 unspecified atom stereocenters. The Hall–Kier alpha value is -1.60. The van der Waals surface area contributed by atoms with Gasteiger partial charge in [-0.3, -0.25) is 9.63 Å². The molecule has 0 spiro atoms. The maximum Gasteiger partial charge on any atom is 0.413 e. The summed E-state index contributed by atoms with van der Waals surface area (Å²) in [6.45, 7) is 0.0646. The lowest BCUT2D eigenvalue weighted by molar-refractivity contribution is -0.189. The van der Waals surface area contributed by atoms with Gasteiger partial charge < -0.3 is 5.32 Å². The molecule has 0 aliphatic carbocycles. The highest BCUT2D eigenvalue weighted by Crippen LogP contribution is 2.13. The van der Waals surface area contributed by atoms with Crippen LogP contribution in [0.3, 0.4) is 0 Å². The van der Waals surface area contributed by atoms with Gasteiger partial charge in [0.05, 0.1) is 0 Å². The van der Waals surface area contributed by atoms with Crippen LogP contribution in [0.4, 0.5) is 18.9 Å². The van der Waals surface area contributed by atoms with E-state index in [-0.39, 0.29) is 6.54 Å². The molecule has 0 aliphatic rings. The Morgan fingerprint density at radius 3 is 2.72 bits per heavy atom. The first-order chi connectivity index (χ1) is 8.37. The van der Waals surface area contributed by atoms with Gasteiger partial charge in [0.15, 0.2) is 6.61 Å². The number of hydrogen-bond donors (Lipinski definition) is 2. The minimum absolute atomic E-state index is 0.357. The zero-order valence-electron chi connectivity index (χ0n) is 9.67. The molecule has 0 bridgehead atoms. The highest BCUT2D eigenvalue weighted by Gasteiger charge is 2.27. The summed E-state index contributed by atoms with van der Waals surface area (Å²) < 4.78 is 35.1. The highest BCUT2D eigenvalue weighted by molar-refractivity contribution is 5.92. The van der Waals surface area contributed by atoms with E-state index in [0.29, 0.717) is 5.69 Å². The predicted molar refractivity (Wildman–Crippen MR) is 59.8 cm³/mol. The van der Waals surface area contributed by atoms with Crippen molar-refractivity contribution in [2.24, 2.45) is 0 Å². The lowest BCUT2D eigenvalue weighted by Crippen LogP contribution is -2.31. The van der Waals surface area contributed by atoms with Crippen molar-refractivity contribution in [3.8, 4) is 0 Å². The van der Waals surface area contributed by atoms with E-state index in [1.807, 2.05) is 18.5 Å². The molecule has 0 aliphatic heterocycles. The molecule has 0 atom stereocenters. The van der Waals surface area contributed by atoms with Gasteiger partial charge in [0.2, 0.25) is 5.91 Å². The Labute approximate surface area is 102 Å². The number of nitrogens with one attached hydrogen (secondary N) is 2. The molecule has 0 fully saturated rings. The smallest absolute Gasteiger partial charge is 0.325 e. The molecule has 2 N–H and O–H groups in total. The Morgan fingerprint density at radius 1 is 1.39 bits per heavy atom. The van der Waals surface area contributed by atoms with Crippen molar-refractivity contribution in [3.63, 3.8) is 0 Å². The third-order valence-corrected chi connectivity index (χ3v) is 1.87. The van der Waals surface area contributed by atoms with Crippen molar-refractivity contribution in [3.05, 3.63) is 29.8 Å². The molecule has 0 saturated heterocycles. The van der Waals surface area contributed by atoms with Crippen LogP contribution in [0.25, 0.3) is 0 Å². The van der Waals surface area contributed by atoms with Gasteiger partial charge in [0.1, 0.15) is 6.54 Å². The van der Waals surface area contributed by atoms with Gasteiger partial charge in [0, 0.05) is 5.69 Å². The SMILES string of the molecule is Cc1cccc(NC(=O)CNOCC(F)(F)F)c1. The average molecular weight is 262 g/mol. The Balaban J connectivity index is 2.26. The second kappa shape index (κ2) is 6.36. The van der Waals surface area contributed by atoms with Gasteiger partial charge in [-0.15, -0.1) is 0 Å². The van der Waals surface area contributed by atoms with Gasteiger partial charge in [-0.1, -0.05) is 12.1 Å². The zero-order chi connectivity index (χ0) is 13.6. The number of carbonyl (C=O) groups is 1. The zero-order valence-corrected chi connectivity index (χ0v) is 9.67. The van der Waals surface area contributed by atoms with E-state index in [1.165, 1.54) is 0 Å². The topological polar surface area (TPSA) is 50.4 Å². The maximum atomic E-state index is 11.7. The molecule has 0 heterocycles. The fraction of sp³-hybridized carbons (Fsp3) is 0.364. The van der Waals surface area contributed by atoms with Crippen molar-refractivity contribution >= 4 is 11.6 Å². The molecule has 1 amide bonds. The van der Waals surface area contributed by atoms with Crippen molar-refractivity contribution in [1.82, 2.24) is 5.48 Å². The highest BCUT2D eigenvalue weighted by atomic mass is 19.4. The number of benzene rings is 1. The number of halogens is 3. The van der Waals surface area contributed by atoms with Crippen LogP contribution < -0.4 is 10.8 Å². The van der Waals surface area contributed by atoms with Crippen molar-refractivity contribution in [2.45, 2.75) is 13.1 Å². The third kappa shape index (κ3) is 6.21. The first-order valence-electron chi connectivity index (χ1n) is 5.15. The summed E-state index contributed by atoms with van der Waals surface area (Å²) in [5.74, 6) is -0.484. The third-order valence-electron chi connectivity index (χ3n) is 1.87. The minimum Gasteiger partial charge on any atom is -0.325 e. The molecule has 1 rings (SSSR count). The quantitative estimate of drug-likeness (QED) is 0.630. The number of alkyl halides is 3.